The van der Waals surface area contributed by atoms with Crippen LogP contribution in [0.1, 0.15) is 17.3 Å². The Kier molecular flexibility index (Phi) is 11.0. The van der Waals surface area contributed by atoms with E-state index >= 15 is 0 Å². The van der Waals surface area contributed by atoms with Crippen molar-refractivity contribution in [2.75, 3.05) is 32.2 Å². The first-order valence-corrected chi connectivity index (χ1v) is 8.82. The van der Waals surface area contributed by atoms with E-state index in [1.54, 1.807) is 0 Å². The lowest BCUT2D eigenvalue weighted by Gasteiger charge is -2.28. The Labute approximate surface area is 179 Å². The molecule has 1 rings (SSSR count). The van der Waals surface area contributed by atoms with Crippen molar-refractivity contribution >= 4 is 45.8 Å². The lowest BCUT2D eigenvalue weighted by Crippen LogP contribution is -2.47. The Morgan fingerprint density at radius 1 is 1.33 bits per heavy atom. The number of carbonyl (C=O) groups is 4. The van der Waals surface area contributed by atoms with Crippen LogP contribution in [-0.2, 0) is 14.3 Å². The number of carboxylic acids is 1. The van der Waals surface area contributed by atoms with Crippen molar-refractivity contribution in [3.63, 3.8) is 0 Å². The summed E-state index contributed by atoms with van der Waals surface area (Å²) in [5.41, 5.74) is -0.564. The molecule has 30 heavy (non-hydrogen) atoms. The average Bonchev–Trinajstić information content (AvgIpc) is 2.62. The molecule has 0 heterocycles. The molecule has 0 radical (unpaired) electrons. The van der Waals surface area contributed by atoms with Gasteiger partial charge in [-0.05, 0) is 34.1 Å². The maximum atomic E-state index is 14.2. The maximum Gasteiger partial charge on any atom is 0.331 e. The first-order chi connectivity index (χ1) is 13.8. The number of alkyl halides is 2. The summed E-state index contributed by atoms with van der Waals surface area (Å²) in [7, 11) is 2.38. The first kappa shape index (κ1) is 27.3. The summed E-state index contributed by atoms with van der Waals surface area (Å²) < 4.78 is 44.7. The second-order valence-corrected chi connectivity index (χ2v) is 6.71. The van der Waals surface area contributed by atoms with Crippen LogP contribution in [0.25, 0.3) is 0 Å². The maximum absolute atomic E-state index is 14.2. The summed E-state index contributed by atoms with van der Waals surface area (Å²) in [4.78, 5) is 45.7. The minimum Gasteiger partial charge on any atom is -0.480 e. The zero-order valence-corrected chi connectivity index (χ0v) is 17.9. The molecule has 0 saturated heterocycles. The fraction of sp³-hybridized carbons (Fsp3) is 0.333. The topological polar surface area (TPSA) is 104 Å². The number of urea groups is 1. The number of carbonyl (C=O) groups excluding carboxylic acids is 3. The number of hydrogen-bond donors (Lipinski definition) is 1. The second kappa shape index (κ2) is 12.1. The van der Waals surface area contributed by atoms with E-state index in [4.69, 9.17) is 5.11 Å². The molecule has 0 saturated carbocycles. The van der Waals surface area contributed by atoms with Crippen LogP contribution < -0.4 is 4.90 Å². The number of aldehydes is 1. The highest BCUT2D eigenvalue weighted by Gasteiger charge is 2.32. The third-order valence-electron chi connectivity index (χ3n) is 3.13. The minimum atomic E-state index is -3.21. The van der Waals surface area contributed by atoms with Gasteiger partial charge in [-0.3, -0.25) is 9.59 Å². The Morgan fingerprint density at radius 2 is 1.90 bits per heavy atom. The number of ether oxygens (including phenoxy) is 1. The molecule has 0 fully saturated rings. The molecule has 0 aliphatic rings. The van der Waals surface area contributed by atoms with E-state index in [0.717, 1.165) is 25.3 Å². The van der Waals surface area contributed by atoms with Crippen LogP contribution in [0.2, 0.25) is 0 Å². The van der Waals surface area contributed by atoms with Crippen molar-refractivity contribution in [3.8, 4) is 0 Å². The Bertz CT molecular complexity index is 814. The number of hydrogen-bond acceptors (Lipinski definition) is 5. The first-order valence-electron chi connectivity index (χ1n) is 8.03. The van der Waals surface area contributed by atoms with E-state index < -0.39 is 41.9 Å². The number of methoxy groups -OCH3 is 1. The van der Waals surface area contributed by atoms with Crippen LogP contribution >= 0.6 is 15.9 Å². The Hall–Kier alpha value is -2.73. The molecular formula is C18H20BrF3N2O6. The number of halogens is 4. The minimum absolute atomic E-state index is 0.0236. The van der Waals surface area contributed by atoms with Crippen molar-refractivity contribution in [1.29, 1.82) is 0 Å². The molecule has 0 aromatic heterocycles. The summed E-state index contributed by atoms with van der Waals surface area (Å²) in [5, 5.41) is 7.79. The number of imide groups is 1. The number of aliphatic carboxylic acids is 1. The molecular weight excluding hydrogens is 477 g/mol. The zero-order valence-electron chi connectivity index (χ0n) is 16.3. The predicted octanol–water partition coefficient (Wildman–Crippen LogP) is 3.34. The number of rotatable bonds is 7. The third kappa shape index (κ3) is 8.74. The molecule has 0 atom stereocenters. The van der Waals surface area contributed by atoms with E-state index in [0.29, 0.717) is 23.0 Å². The number of amides is 3. The molecule has 1 N–H and O–H groups in total. The van der Waals surface area contributed by atoms with E-state index in [2.05, 4.69) is 27.2 Å². The quantitative estimate of drug-likeness (QED) is 0.458. The van der Waals surface area contributed by atoms with Crippen LogP contribution in [0, 0.1) is 5.82 Å². The van der Waals surface area contributed by atoms with Crippen molar-refractivity contribution in [3.05, 3.63) is 40.6 Å². The summed E-state index contributed by atoms with van der Waals surface area (Å²) in [6.07, 6.45) is 1.12. The highest BCUT2D eigenvalue weighted by Crippen LogP contribution is 2.28. The van der Waals surface area contributed by atoms with Gasteiger partial charge in [0.15, 0.2) is 6.29 Å². The van der Waals surface area contributed by atoms with Gasteiger partial charge in [0, 0.05) is 31.1 Å². The number of nitrogens with zero attached hydrogens (tertiary/aromatic N) is 2. The number of anilines is 1. The molecule has 3 amide bonds. The average molecular weight is 497 g/mol. The van der Waals surface area contributed by atoms with Gasteiger partial charge in [0.1, 0.15) is 12.4 Å². The fourth-order valence-corrected chi connectivity index (χ4v) is 2.41. The normalized spacial score (nSPS) is 10.4. The highest BCUT2D eigenvalue weighted by atomic mass is 79.9. The van der Waals surface area contributed by atoms with E-state index in [9.17, 15) is 32.3 Å². The SMILES string of the molecule is C=CC(=O)N(C(=O)N(C)CC(C)(F)F)c1cc(C=O)c(Br)cc1F.COCC(=O)O. The Balaban J connectivity index is 0.00000122. The van der Waals surface area contributed by atoms with Gasteiger partial charge in [-0.25, -0.2) is 27.7 Å². The van der Waals surface area contributed by atoms with Gasteiger partial charge in [0.25, 0.3) is 11.8 Å². The molecule has 0 bridgehead atoms. The van der Waals surface area contributed by atoms with Crippen LogP contribution in [0.3, 0.4) is 0 Å². The van der Waals surface area contributed by atoms with Crippen molar-refractivity contribution < 1.29 is 42.2 Å². The summed E-state index contributed by atoms with van der Waals surface area (Å²) in [6, 6.07) is 0.674. The lowest BCUT2D eigenvalue weighted by atomic mass is 10.2. The van der Waals surface area contributed by atoms with Gasteiger partial charge >= 0.3 is 12.0 Å². The van der Waals surface area contributed by atoms with Crippen molar-refractivity contribution in [2.24, 2.45) is 0 Å². The molecule has 0 unspecified atom stereocenters. The molecule has 1 aromatic carbocycles. The Morgan fingerprint density at radius 3 is 2.27 bits per heavy atom. The zero-order chi connectivity index (χ0) is 23.6. The van der Waals surface area contributed by atoms with Gasteiger partial charge < -0.3 is 14.7 Å². The van der Waals surface area contributed by atoms with Crippen molar-refractivity contribution in [1.82, 2.24) is 4.90 Å². The van der Waals surface area contributed by atoms with Crippen LogP contribution in [0.15, 0.2) is 29.3 Å². The smallest absolute Gasteiger partial charge is 0.331 e. The van der Waals surface area contributed by atoms with Crippen LogP contribution in [-0.4, -0.2) is 67.4 Å². The van der Waals surface area contributed by atoms with Gasteiger partial charge in [0.2, 0.25) is 0 Å². The van der Waals surface area contributed by atoms with Crippen LogP contribution in [0.5, 0.6) is 0 Å². The predicted molar refractivity (Wildman–Crippen MR) is 105 cm³/mol. The number of carboxylic acid groups (broad SMARTS) is 1. The van der Waals surface area contributed by atoms with Crippen LogP contribution in [0.4, 0.5) is 23.7 Å². The summed E-state index contributed by atoms with van der Waals surface area (Å²) in [6.45, 7) is 2.61. The molecule has 166 valence electrons. The highest BCUT2D eigenvalue weighted by molar-refractivity contribution is 9.10. The lowest BCUT2D eigenvalue weighted by molar-refractivity contribution is -0.141. The molecule has 1 aromatic rings. The molecule has 8 nitrogen and oxygen atoms in total. The fourth-order valence-electron chi connectivity index (χ4n) is 2.00. The molecule has 0 aliphatic carbocycles. The van der Waals surface area contributed by atoms with Gasteiger partial charge in [0.05, 0.1) is 12.2 Å². The summed E-state index contributed by atoms with van der Waals surface area (Å²) >= 11 is 2.96. The van der Waals surface area contributed by atoms with Gasteiger partial charge in [-0.2, -0.15) is 0 Å². The van der Waals surface area contributed by atoms with E-state index in [1.807, 2.05) is 0 Å². The molecule has 12 heteroatoms. The molecule has 0 spiro atoms. The van der Waals surface area contributed by atoms with E-state index in [1.165, 1.54) is 7.11 Å². The van der Waals surface area contributed by atoms with Crippen molar-refractivity contribution in [2.45, 2.75) is 12.8 Å². The number of benzene rings is 1. The van der Waals surface area contributed by atoms with Gasteiger partial charge in [-0.15, -0.1) is 0 Å². The summed E-state index contributed by atoms with van der Waals surface area (Å²) in [5.74, 6) is -6.16. The van der Waals surface area contributed by atoms with Gasteiger partial charge in [-0.1, -0.05) is 6.58 Å². The third-order valence-corrected chi connectivity index (χ3v) is 3.82. The molecule has 0 aliphatic heterocycles. The second-order valence-electron chi connectivity index (χ2n) is 5.86. The van der Waals surface area contributed by atoms with E-state index in [-0.39, 0.29) is 16.6 Å². The standard InChI is InChI=1S/C15H14BrF3N2O3.C3H6O3/c1-4-13(23)21(14(24)20(3)8-15(2,18)19)12-5-9(7-22)10(16)6-11(12)17;1-6-2-3(4)5/h4-7H,1,8H2,2-3H3;2H2,1H3,(H,4,5). The largest absolute Gasteiger partial charge is 0.480 e. The monoisotopic (exact) mass is 496 g/mol.